The molecule has 0 radical (unpaired) electrons. The monoisotopic (exact) mass is 396 g/mol. The number of halogens is 1. The molecule has 0 unspecified atom stereocenters. The molecule has 6 heteroatoms. The van der Waals surface area contributed by atoms with Crippen LogP contribution in [-0.4, -0.2) is 26.0 Å². The summed E-state index contributed by atoms with van der Waals surface area (Å²) in [5.74, 6) is -0.188. The molecule has 4 nitrogen and oxygen atoms in total. The van der Waals surface area contributed by atoms with Crippen molar-refractivity contribution < 1.29 is 4.39 Å². The maximum absolute atomic E-state index is 13.6. The van der Waals surface area contributed by atoms with E-state index in [2.05, 4.69) is 45.4 Å². The minimum Gasteiger partial charge on any atom is -0.357 e. The molecule has 0 bridgehead atoms. The summed E-state index contributed by atoms with van der Waals surface area (Å²) in [7, 11) is 0. The molecule has 28 heavy (non-hydrogen) atoms. The number of thiophene rings is 1. The van der Waals surface area contributed by atoms with Crippen molar-refractivity contribution in [2.45, 2.75) is 39.9 Å². The first kappa shape index (κ1) is 18.9. The van der Waals surface area contributed by atoms with Crippen molar-refractivity contribution in [3.63, 3.8) is 0 Å². The lowest BCUT2D eigenvalue weighted by Crippen LogP contribution is -2.25. The van der Waals surface area contributed by atoms with Crippen molar-refractivity contribution in [2.24, 2.45) is 0 Å². The number of imidazole rings is 1. The Balaban J connectivity index is 1.51. The van der Waals surface area contributed by atoms with E-state index in [1.807, 2.05) is 36.1 Å². The lowest BCUT2D eigenvalue weighted by atomic mass is 10.1. The Kier molecular flexibility index (Phi) is 5.59. The Morgan fingerprint density at radius 1 is 1.18 bits per heavy atom. The molecule has 0 aliphatic carbocycles. The molecule has 4 aromatic rings. The Hall–Kier alpha value is -2.44. The Morgan fingerprint density at radius 2 is 2.07 bits per heavy atom. The molecular weight excluding hydrogens is 371 g/mol. The normalized spacial score (nSPS) is 11.7. The molecule has 0 amide bonds. The summed E-state index contributed by atoms with van der Waals surface area (Å²) < 4.78 is 15.8. The van der Waals surface area contributed by atoms with Gasteiger partial charge < -0.3 is 9.55 Å². The van der Waals surface area contributed by atoms with Gasteiger partial charge in [-0.25, -0.2) is 9.37 Å². The van der Waals surface area contributed by atoms with Gasteiger partial charge in [-0.05, 0) is 56.2 Å². The third-order valence-electron chi connectivity index (χ3n) is 5.13. The fraction of sp³-hybridized carbons (Fsp3) is 0.318. The molecule has 0 saturated heterocycles. The van der Waals surface area contributed by atoms with Crippen LogP contribution in [0, 0.1) is 19.7 Å². The van der Waals surface area contributed by atoms with Gasteiger partial charge in [-0.15, -0.1) is 11.3 Å². The molecule has 3 aromatic heterocycles. The average Bonchev–Trinajstić information content (AvgIpc) is 3.39. The lowest BCUT2D eigenvalue weighted by Gasteiger charge is -2.22. The maximum atomic E-state index is 13.6. The molecule has 0 spiro atoms. The number of fused-ring (bicyclic) bond motifs is 1. The predicted molar refractivity (Wildman–Crippen MR) is 113 cm³/mol. The van der Waals surface area contributed by atoms with Crippen molar-refractivity contribution in [1.29, 1.82) is 0 Å². The third-order valence-corrected chi connectivity index (χ3v) is 6.12. The average molecular weight is 397 g/mol. The summed E-state index contributed by atoms with van der Waals surface area (Å²) in [6.07, 6.45) is 6.74. The fourth-order valence-electron chi connectivity index (χ4n) is 3.64. The van der Waals surface area contributed by atoms with E-state index in [0.717, 1.165) is 54.8 Å². The minimum absolute atomic E-state index is 0.188. The fourth-order valence-corrected chi connectivity index (χ4v) is 4.57. The number of nitrogens with one attached hydrogen (secondary N) is 1. The Morgan fingerprint density at radius 3 is 2.82 bits per heavy atom. The van der Waals surface area contributed by atoms with Crippen LogP contribution < -0.4 is 0 Å². The van der Waals surface area contributed by atoms with Gasteiger partial charge in [-0.1, -0.05) is 0 Å². The topological polar surface area (TPSA) is 36.9 Å². The van der Waals surface area contributed by atoms with Crippen LogP contribution in [0.5, 0.6) is 0 Å². The van der Waals surface area contributed by atoms with E-state index in [9.17, 15) is 4.39 Å². The molecule has 0 atom stereocenters. The van der Waals surface area contributed by atoms with Crippen LogP contribution in [-0.2, 0) is 19.6 Å². The van der Waals surface area contributed by atoms with Crippen LogP contribution in [0.1, 0.15) is 27.4 Å². The van der Waals surface area contributed by atoms with Gasteiger partial charge in [-0.2, -0.15) is 0 Å². The van der Waals surface area contributed by atoms with Crippen LogP contribution in [0.4, 0.5) is 4.39 Å². The number of hydrogen-bond donors (Lipinski definition) is 1. The van der Waals surface area contributed by atoms with Crippen molar-refractivity contribution in [1.82, 2.24) is 19.4 Å². The zero-order chi connectivity index (χ0) is 19.5. The molecule has 0 fully saturated rings. The molecule has 1 aromatic carbocycles. The highest BCUT2D eigenvalue weighted by atomic mass is 32.1. The van der Waals surface area contributed by atoms with Crippen molar-refractivity contribution >= 4 is 22.2 Å². The summed E-state index contributed by atoms with van der Waals surface area (Å²) in [5, 5.41) is 0.973. The summed E-state index contributed by atoms with van der Waals surface area (Å²) in [6.45, 7) is 7.91. The summed E-state index contributed by atoms with van der Waals surface area (Å²) >= 11 is 1.85. The molecule has 1 N–H and O–H groups in total. The van der Waals surface area contributed by atoms with Gasteiger partial charge in [0.2, 0.25) is 0 Å². The van der Waals surface area contributed by atoms with E-state index in [4.69, 9.17) is 0 Å². The first-order valence-corrected chi connectivity index (χ1v) is 10.4. The zero-order valence-corrected chi connectivity index (χ0v) is 17.1. The third kappa shape index (κ3) is 4.34. The molecular formula is C22H25FN4S. The first-order valence-electron chi connectivity index (χ1n) is 9.58. The van der Waals surface area contributed by atoms with E-state index in [1.54, 1.807) is 6.07 Å². The molecule has 3 heterocycles. The van der Waals surface area contributed by atoms with Crippen LogP contribution >= 0.6 is 11.3 Å². The van der Waals surface area contributed by atoms with Gasteiger partial charge in [0.1, 0.15) is 5.82 Å². The highest BCUT2D eigenvalue weighted by Crippen LogP contribution is 2.25. The van der Waals surface area contributed by atoms with Crippen molar-refractivity contribution in [3.8, 4) is 0 Å². The van der Waals surface area contributed by atoms with E-state index in [1.165, 1.54) is 15.8 Å². The number of aromatic amines is 1. The molecule has 0 saturated carbocycles. The van der Waals surface area contributed by atoms with Gasteiger partial charge in [0.05, 0.1) is 6.33 Å². The predicted octanol–water partition coefficient (Wildman–Crippen LogP) is 5.27. The van der Waals surface area contributed by atoms with Crippen LogP contribution in [0.15, 0.2) is 49.1 Å². The molecule has 146 valence electrons. The molecule has 0 aliphatic rings. The lowest BCUT2D eigenvalue weighted by molar-refractivity contribution is 0.248. The summed E-state index contributed by atoms with van der Waals surface area (Å²) in [5.41, 5.74) is 3.30. The van der Waals surface area contributed by atoms with Crippen LogP contribution in [0.2, 0.25) is 0 Å². The Bertz CT molecular complexity index is 1050. The van der Waals surface area contributed by atoms with E-state index >= 15 is 0 Å². The van der Waals surface area contributed by atoms with Gasteiger partial charge in [0, 0.05) is 64.9 Å². The highest BCUT2D eigenvalue weighted by Gasteiger charge is 2.14. The van der Waals surface area contributed by atoms with E-state index < -0.39 is 0 Å². The van der Waals surface area contributed by atoms with Crippen LogP contribution in [0.3, 0.4) is 0 Å². The van der Waals surface area contributed by atoms with Gasteiger partial charge in [0.25, 0.3) is 0 Å². The molecule has 0 aliphatic heterocycles. The second-order valence-electron chi connectivity index (χ2n) is 7.30. The first-order chi connectivity index (χ1) is 13.6. The van der Waals surface area contributed by atoms with Crippen molar-refractivity contribution in [2.75, 3.05) is 6.54 Å². The molecule has 4 rings (SSSR count). The number of aryl methyl sites for hydroxylation is 3. The number of nitrogens with zero attached hydrogens (tertiary/aromatic N) is 3. The Labute approximate surface area is 168 Å². The number of rotatable bonds is 8. The summed E-state index contributed by atoms with van der Waals surface area (Å²) in [6, 6.07) is 9.36. The van der Waals surface area contributed by atoms with Gasteiger partial charge in [-0.3, -0.25) is 4.90 Å². The smallest absolute Gasteiger partial charge is 0.123 e. The van der Waals surface area contributed by atoms with Gasteiger partial charge in [0.15, 0.2) is 0 Å². The number of hydrogen-bond acceptors (Lipinski definition) is 3. The van der Waals surface area contributed by atoms with E-state index in [-0.39, 0.29) is 5.82 Å². The number of aromatic nitrogens is 3. The highest BCUT2D eigenvalue weighted by molar-refractivity contribution is 7.11. The zero-order valence-electron chi connectivity index (χ0n) is 16.3. The quantitative estimate of drug-likeness (QED) is 0.440. The standard InChI is InChI=1S/C22H25FN4S/c1-16-4-6-19(28-16)13-27(10-3-9-26-11-8-24-15-26)14-22-17(2)20-12-18(23)5-7-21(20)25-22/h4-8,11-12,15,25H,3,9-10,13-14H2,1-2H3. The summed E-state index contributed by atoms with van der Waals surface area (Å²) in [4.78, 5) is 12.8. The largest absolute Gasteiger partial charge is 0.357 e. The second-order valence-corrected chi connectivity index (χ2v) is 8.67. The van der Waals surface area contributed by atoms with E-state index in [0.29, 0.717) is 0 Å². The SMILES string of the molecule is Cc1ccc(CN(CCCn2ccnc2)Cc2[nH]c3ccc(F)cc3c2C)s1. The number of H-pyrrole nitrogens is 1. The minimum atomic E-state index is -0.188. The second kappa shape index (κ2) is 8.29. The van der Waals surface area contributed by atoms with Crippen molar-refractivity contribution in [3.05, 3.63) is 75.9 Å². The maximum Gasteiger partial charge on any atom is 0.123 e. The van der Waals surface area contributed by atoms with Gasteiger partial charge >= 0.3 is 0 Å². The van der Waals surface area contributed by atoms with Crippen LogP contribution in [0.25, 0.3) is 10.9 Å². The number of benzene rings is 1.